The SMILES string of the molecule is CC1CC(C(=O)O)CN(C(=O)NCCOc2ccc(F)cc2)C1. The van der Waals surface area contributed by atoms with Gasteiger partial charge in [-0.05, 0) is 36.6 Å². The highest BCUT2D eigenvalue weighted by molar-refractivity contribution is 5.76. The molecule has 7 heteroatoms. The zero-order valence-electron chi connectivity index (χ0n) is 13.0. The maximum Gasteiger partial charge on any atom is 0.317 e. The maximum atomic E-state index is 12.7. The Hall–Kier alpha value is -2.31. The van der Waals surface area contributed by atoms with E-state index in [2.05, 4.69) is 5.32 Å². The summed E-state index contributed by atoms with van der Waals surface area (Å²) in [6.45, 7) is 3.26. The van der Waals surface area contributed by atoms with Gasteiger partial charge < -0.3 is 20.1 Å². The molecule has 0 spiro atoms. The molecule has 1 aromatic rings. The Kier molecular flexibility index (Phi) is 5.78. The van der Waals surface area contributed by atoms with Gasteiger partial charge in [-0.3, -0.25) is 4.79 Å². The zero-order valence-corrected chi connectivity index (χ0v) is 13.0. The number of carboxylic acid groups (broad SMARTS) is 1. The number of nitrogens with one attached hydrogen (secondary N) is 1. The number of carbonyl (C=O) groups is 2. The third-order valence-electron chi connectivity index (χ3n) is 3.76. The Balaban J connectivity index is 1.73. The monoisotopic (exact) mass is 324 g/mol. The van der Waals surface area contributed by atoms with E-state index in [4.69, 9.17) is 9.84 Å². The number of halogens is 1. The van der Waals surface area contributed by atoms with Gasteiger partial charge in [0.05, 0.1) is 12.5 Å². The van der Waals surface area contributed by atoms with Gasteiger partial charge in [-0.15, -0.1) is 0 Å². The number of rotatable bonds is 5. The number of amides is 2. The molecular formula is C16H21FN2O4. The summed E-state index contributed by atoms with van der Waals surface area (Å²) >= 11 is 0. The molecule has 1 aromatic carbocycles. The third-order valence-corrected chi connectivity index (χ3v) is 3.76. The lowest BCUT2D eigenvalue weighted by Crippen LogP contribution is -2.50. The molecule has 0 radical (unpaired) electrons. The number of aliphatic carboxylic acids is 1. The molecule has 0 bridgehead atoms. The van der Waals surface area contributed by atoms with E-state index in [0.29, 0.717) is 25.3 Å². The van der Waals surface area contributed by atoms with Gasteiger partial charge in [-0.2, -0.15) is 0 Å². The second-order valence-electron chi connectivity index (χ2n) is 5.82. The van der Waals surface area contributed by atoms with Gasteiger partial charge in [0.15, 0.2) is 0 Å². The number of hydrogen-bond donors (Lipinski definition) is 2. The molecule has 1 saturated heterocycles. The first-order valence-electron chi connectivity index (χ1n) is 7.59. The fourth-order valence-corrected chi connectivity index (χ4v) is 2.67. The number of nitrogens with zero attached hydrogens (tertiary/aromatic N) is 1. The second kappa shape index (κ2) is 7.80. The van der Waals surface area contributed by atoms with Crippen molar-refractivity contribution in [1.29, 1.82) is 0 Å². The molecule has 1 aliphatic rings. The predicted molar refractivity (Wildman–Crippen MR) is 81.8 cm³/mol. The Morgan fingerprint density at radius 1 is 1.35 bits per heavy atom. The minimum Gasteiger partial charge on any atom is -0.492 e. The Morgan fingerprint density at radius 3 is 2.70 bits per heavy atom. The number of likely N-dealkylation sites (tertiary alicyclic amines) is 1. The number of piperidine rings is 1. The lowest BCUT2D eigenvalue weighted by molar-refractivity contribution is -0.143. The van der Waals surface area contributed by atoms with E-state index in [1.54, 1.807) is 0 Å². The van der Waals surface area contributed by atoms with Gasteiger partial charge in [-0.25, -0.2) is 9.18 Å². The van der Waals surface area contributed by atoms with E-state index in [1.165, 1.54) is 29.2 Å². The maximum absolute atomic E-state index is 12.7. The molecule has 126 valence electrons. The van der Waals surface area contributed by atoms with Crippen molar-refractivity contribution in [1.82, 2.24) is 10.2 Å². The number of hydrogen-bond acceptors (Lipinski definition) is 3. The molecule has 1 aliphatic heterocycles. The minimum absolute atomic E-state index is 0.158. The van der Waals surface area contributed by atoms with Crippen molar-refractivity contribution in [3.8, 4) is 5.75 Å². The third kappa shape index (κ3) is 5.12. The molecule has 2 rings (SSSR count). The molecule has 6 nitrogen and oxygen atoms in total. The fourth-order valence-electron chi connectivity index (χ4n) is 2.67. The first kappa shape index (κ1) is 17.1. The molecule has 1 heterocycles. The summed E-state index contributed by atoms with van der Waals surface area (Å²) < 4.78 is 18.1. The molecule has 2 unspecified atom stereocenters. The lowest BCUT2D eigenvalue weighted by atomic mass is 9.91. The van der Waals surface area contributed by atoms with E-state index in [0.717, 1.165) is 0 Å². The van der Waals surface area contributed by atoms with Crippen LogP contribution in [0.15, 0.2) is 24.3 Å². The summed E-state index contributed by atoms with van der Waals surface area (Å²) in [5.74, 6) is -1.03. The Bertz CT molecular complexity index is 550. The number of benzene rings is 1. The van der Waals surface area contributed by atoms with Crippen molar-refractivity contribution >= 4 is 12.0 Å². The van der Waals surface area contributed by atoms with Crippen molar-refractivity contribution in [3.05, 3.63) is 30.1 Å². The van der Waals surface area contributed by atoms with Crippen LogP contribution in [-0.4, -0.2) is 48.2 Å². The topological polar surface area (TPSA) is 78.9 Å². The van der Waals surface area contributed by atoms with Crippen LogP contribution in [0.3, 0.4) is 0 Å². The molecule has 23 heavy (non-hydrogen) atoms. The van der Waals surface area contributed by atoms with Crippen LogP contribution in [0.1, 0.15) is 13.3 Å². The summed E-state index contributed by atoms with van der Waals surface area (Å²) in [6.07, 6.45) is 0.590. The van der Waals surface area contributed by atoms with Gasteiger partial charge in [0.2, 0.25) is 0 Å². The molecule has 0 aliphatic carbocycles. The smallest absolute Gasteiger partial charge is 0.317 e. The number of urea groups is 1. The molecule has 1 fully saturated rings. The van der Waals surface area contributed by atoms with E-state index >= 15 is 0 Å². The van der Waals surface area contributed by atoms with Crippen LogP contribution in [-0.2, 0) is 4.79 Å². The molecule has 2 amide bonds. The molecule has 2 N–H and O–H groups in total. The number of carboxylic acids is 1. The summed E-state index contributed by atoms with van der Waals surface area (Å²) in [7, 11) is 0. The van der Waals surface area contributed by atoms with Gasteiger partial charge >= 0.3 is 12.0 Å². The predicted octanol–water partition coefficient (Wildman–Crippen LogP) is 1.96. The zero-order chi connectivity index (χ0) is 16.8. The molecule has 0 aromatic heterocycles. The van der Waals surface area contributed by atoms with Crippen LogP contribution in [0.2, 0.25) is 0 Å². The average Bonchev–Trinajstić information content (AvgIpc) is 2.52. The Morgan fingerprint density at radius 2 is 2.04 bits per heavy atom. The second-order valence-corrected chi connectivity index (χ2v) is 5.82. The van der Waals surface area contributed by atoms with Crippen molar-refractivity contribution in [2.75, 3.05) is 26.2 Å². The van der Waals surface area contributed by atoms with Crippen molar-refractivity contribution in [2.45, 2.75) is 13.3 Å². The fraction of sp³-hybridized carbons (Fsp3) is 0.500. The van der Waals surface area contributed by atoms with Crippen LogP contribution in [0, 0.1) is 17.7 Å². The summed E-state index contributed by atoms with van der Waals surface area (Å²) in [4.78, 5) is 24.7. The molecular weight excluding hydrogens is 303 g/mol. The van der Waals surface area contributed by atoms with E-state index in [9.17, 15) is 14.0 Å². The van der Waals surface area contributed by atoms with Crippen LogP contribution in [0.4, 0.5) is 9.18 Å². The highest BCUT2D eigenvalue weighted by Crippen LogP contribution is 2.21. The van der Waals surface area contributed by atoms with Crippen LogP contribution in [0.25, 0.3) is 0 Å². The van der Waals surface area contributed by atoms with Crippen LogP contribution in [0.5, 0.6) is 5.75 Å². The van der Waals surface area contributed by atoms with Gasteiger partial charge in [-0.1, -0.05) is 6.92 Å². The lowest BCUT2D eigenvalue weighted by Gasteiger charge is -2.34. The highest BCUT2D eigenvalue weighted by Gasteiger charge is 2.31. The summed E-state index contributed by atoms with van der Waals surface area (Å²) in [5.41, 5.74) is 0. The van der Waals surface area contributed by atoms with Crippen LogP contribution >= 0.6 is 0 Å². The largest absolute Gasteiger partial charge is 0.492 e. The standard InChI is InChI=1S/C16H21FN2O4/c1-11-8-12(15(20)21)10-19(9-11)16(22)18-6-7-23-14-4-2-13(17)3-5-14/h2-5,11-12H,6-10H2,1H3,(H,18,22)(H,20,21). The number of ether oxygens (including phenoxy) is 1. The van der Waals surface area contributed by atoms with Gasteiger partial charge in [0.1, 0.15) is 18.2 Å². The normalized spacial score (nSPS) is 20.9. The van der Waals surface area contributed by atoms with E-state index in [1.807, 2.05) is 6.92 Å². The molecule has 0 saturated carbocycles. The van der Waals surface area contributed by atoms with E-state index < -0.39 is 11.9 Å². The molecule has 2 atom stereocenters. The van der Waals surface area contributed by atoms with E-state index in [-0.39, 0.29) is 30.9 Å². The van der Waals surface area contributed by atoms with Gasteiger partial charge in [0.25, 0.3) is 0 Å². The van der Waals surface area contributed by atoms with Gasteiger partial charge in [0, 0.05) is 13.1 Å². The average molecular weight is 324 g/mol. The van der Waals surface area contributed by atoms with Crippen molar-refractivity contribution in [2.24, 2.45) is 11.8 Å². The number of carbonyl (C=O) groups excluding carboxylic acids is 1. The van der Waals surface area contributed by atoms with Crippen LogP contribution < -0.4 is 10.1 Å². The Labute approximate surface area is 134 Å². The van der Waals surface area contributed by atoms with Crippen molar-refractivity contribution in [3.63, 3.8) is 0 Å². The highest BCUT2D eigenvalue weighted by atomic mass is 19.1. The first-order chi connectivity index (χ1) is 11.0. The first-order valence-corrected chi connectivity index (χ1v) is 7.59. The quantitative estimate of drug-likeness (QED) is 0.812. The van der Waals surface area contributed by atoms with Crippen molar-refractivity contribution < 1.29 is 23.8 Å². The summed E-state index contributed by atoms with van der Waals surface area (Å²) in [5, 5.41) is 11.8. The minimum atomic E-state index is -0.867. The summed E-state index contributed by atoms with van der Waals surface area (Å²) in [6, 6.07) is 5.34.